The highest BCUT2D eigenvalue weighted by molar-refractivity contribution is 5.96. The van der Waals surface area contributed by atoms with E-state index in [4.69, 9.17) is 11.5 Å². The smallest absolute Gasteiger partial charge is 0.254 e. The summed E-state index contributed by atoms with van der Waals surface area (Å²) in [5.41, 5.74) is 12.0. The molecule has 0 spiro atoms. The third kappa shape index (κ3) is 2.88. The third-order valence-corrected chi connectivity index (χ3v) is 2.82. The van der Waals surface area contributed by atoms with Crippen molar-refractivity contribution in [3.8, 4) is 0 Å². The summed E-state index contributed by atoms with van der Waals surface area (Å²) >= 11 is 0. The maximum absolute atomic E-state index is 12.2. The van der Waals surface area contributed by atoms with E-state index in [2.05, 4.69) is 0 Å². The summed E-state index contributed by atoms with van der Waals surface area (Å²) in [6.07, 6.45) is 0. The largest absolute Gasteiger partial charge is 0.399 e. The molecule has 0 aliphatic carbocycles. The van der Waals surface area contributed by atoms with E-state index < -0.39 is 5.54 Å². The Balaban J connectivity index is 3.04. The van der Waals surface area contributed by atoms with Crippen LogP contribution in [0.25, 0.3) is 0 Å². The van der Waals surface area contributed by atoms with Gasteiger partial charge in [-0.1, -0.05) is 0 Å². The number of nitrogens with zero attached hydrogens (tertiary/aromatic N) is 1. The number of carbonyl (C=O) groups is 1. The molecule has 0 fully saturated rings. The minimum Gasteiger partial charge on any atom is -0.399 e. The summed E-state index contributed by atoms with van der Waals surface area (Å²) in [4.78, 5) is 13.6. The molecule has 0 radical (unpaired) electrons. The van der Waals surface area contributed by atoms with Crippen molar-refractivity contribution in [2.24, 2.45) is 0 Å². The first-order valence-corrected chi connectivity index (χ1v) is 5.33. The predicted molar refractivity (Wildman–Crippen MR) is 68.5 cm³/mol. The molecule has 0 aromatic heterocycles. The number of carbonyl (C=O) groups excluding carboxylic acids is 1. The molecule has 1 aromatic rings. The van der Waals surface area contributed by atoms with Crippen molar-refractivity contribution >= 4 is 17.3 Å². The van der Waals surface area contributed by atoms with Crippen molar-refractivity contribution in [2.75, 3.05) is 25.1 Å². The van der Waals surface area contributed by atoms with Gasteiger partial charge >= 0.3 is 0 Å². The first-order chi connectivity index (χ1) is 7.77. The molecule has 0 bridgehead atoms. The van der Waals surface area contributed by atoms with Gasteiger partial charge < -0.3 is 21.5 Å². The average molecular weight is 237 g/mol. The number of likely N-dealkylation sites (N-methyl/N-ethyl adjacent to an activating group) is 1. The highest BCUT2D eigenvalue weighted by Gasteiger charge is 2.27. The van der Waals surface area contributed by atoms with Gasteiger partial charge in [-0.05, 0) is 32.0 Å². The lowest BCUT2D eigenvalue weighted by atomic mass is 10.0. The number of anilines is 2. The molecule has 0 atom stereocenters. The molecule has 1 amide bonds. The van der Waals surface area contributed by atoms with Gasteiger partial charge in [-0.2, -0.15) is 0 Å². The molecule has 0 saturated heterocycles. The Kier molecular flexibility index (Phi) is 3.63. The Bertz CT molecular complexity index is 410. The maximum atomic E-state index is 12.2. The van der Waals surface area contributed by atoms with E-state index in [0.29, 0.717) is 16.9 Å². The Labute approximate surface area is 101 Å². The number of hydrogen-bond donors (Lipinski definition) is 3. The first kappa shape index (κ1) is 13.3. The van der Waals surface area contributed by atoms with Crippen molar-refractivity contribution in [1.82, 2.24) is 4.90 Å². The highest BCUT2D eigenvalue weighted by Crippen LogP contribution is 2.19. The molecular weight excluding hydrogens is 218 g/mol. The molecule has 1 rings (SSSR count). The van der Waals surface area contributed by atoms with Gasteiger partial charge in [0.25, 0.3) is 5.91 Å². The highest BCUT2D eigenvalue weighted by atomic mass is 16.3. The van der Waals surface area contributed by atoms with E-state index in [1.165, 1.54) is 4.90 Å². The zero-order valence-corrected chi connectivity index (χ0v) is 10.4. The fraction of sp³-hybridized carbons (Fsp3) is 0.417. The summed E-state index contributed by atoms with van der Waals surface area (Å²) in [5.74, 6) is -0.219. The zero-order valence-electron chi connectivity index (χ0n) is 10.4. The van der Waals surface area contributed by atoms with Gasteiger partial charge in [0.2, 0.25) is 0 Å². The van der Waals surface area contributed by atoms with E-state index in [9.17, 15) is 9.90 Å². The van der Waals surface area contributed by atoms with Crippen molar-refractivity contribution in [2.45, 2.75) is 19.4 Å². The minimum absolute atomic E-state index is 0.118. The van der Waals surface area contributed by atoms with E-state index in [1.54, 1.807) is 39.1 Å². The number of rotatable bonds is 3. The lowest BCUT2D eigenvalue weighted by Crippen LogP contribution is -2.47. The average Bonchev–Trinajstić information content (AvgIpc) is 2.25. The lowest BCUT2D eigenvalue weighted by Gasteiger charge is -2.34. The lowest BCUT2D eigenvalue weighted by molar-refractivity contribution is 0.0473. The standard InChI is InChI=1S/C12H19N3O2/c1-12(2,7-16)15(3)11(17)8-4-9(13)6-10(14)5-8/h4-6,16H,7,13-14H2,1-3H3. The Hall–Kier alpha value is -1.75. The molecule has 0 aliphatic rings. The van der Waals surface area contributed by atoms with Gasteiger partial charge in [0.15, 0.2) is 0 Å². The molecule has 0 saturated carbocycles. The van der Waals surface area contributed by atoms with Crippen molar-refractivity contribution < 1.29 is 9.90 Å². The zero-order chi connectivity index (χ0) is 13.2. The van der Waals surface area contributed by atoms with Crippen molar-refractivity contribution in [1.29, 1.82) is 0 Å². The molecular formula is C12H19N3O2. The van der Waals surface area contributed by atoms with Crippen LogP contribution < -0.4 is 11.5 Å². The quantitative estimate of drug-likeness (QED) is 0.674. The molecule has 5 N–H and O–H groups in total. The number of nitrogens with two attached hydrogens (primary N) is 2. The monoisotopic (exact) mass is 237 g/mol. The first-order valence-electron chi connectivity index (χ1n) is 5.33. The number of amides is 1. The van der Waals surface area contributed by atoms with Crippen LogP contribution in [-0.4, -0.2) is 35.1 Å². The molecule has 5 nitrogen and oxygen atoms in total. The predicted octanol–water partition coefficient (Wildman–Crippen LogP) is 0.694. The van der Waals surface area contributed by atoms with Crippen LogP contribution in [0.15, 0.2) is 18.2 Å². The van der Waals surface area contributed by atoms with Crippen LogP contribution in [0.2, 0.25) is 0 Å². The van der Waals surface area contributed by atoms with E-state index in [0.717, 1.165) is 0 Å². The van der Waals surface area contributed by atoms with Crippen LogP contribution in [0.3, 0.4) is 0 Å². The second kappa shape index (κ2) is 4.63. The van der Waals surface area contributed by atoms with Crippen LogP contribution in [0.1, 0.15) is 24.2 Å². The fourth-order valence-electron chi connectivity index (χ4n) is 1.37. The molecule has 1 aromatic carbocycles. The van der Waals surface area contributed by atoms with Gasteiger partial charge in [0, 0.05) is 24.0 Å². The second-order valence-electron chi connectivity index (χ2n) is 4.72. The molecule has 17 heavy (non-hydrogen) atoms. The SMILES string of the molecule is CN(C(=O)c1cc(N)cc(N)c1)C(C)(C)CO. The number of aliphatic hydroxyl groups is 1. The summed E-state index contributed by atoms with van der Waals surface area (Å²) in [7, 11) is 1.64. The summed E-state index contributed by atoms with van der Waals surface area (Å²) in [6, 6.07) is 4.74. The minimum atomic E-state index is -0.629. The van der Waals surface area contributed by atoms with Crippen molar-refractivity contribution in [3.05, 3.63) is 23.8 Å². The van der Waals surface area contributed by atoms with Crippen LogP contribution in [-0.2, 0) is 0 Å². The van der Waals surface area contributed by atoms with Crippen LogP contribution in [0.4, 0.5) is 11.4 Å². The Morgan fingerprint density at radius 3 is 2.18 bits per heavy atom. The molecule has 0 unspecified atom stereocenters. The van der Waals surface area contributed by atoms with Crippen LogP contribution >= 0.6 is 0 Å². The van der Waals surface area contributed by atoms with E-state index in [1.807, 2.05) is 0 Å². The molecule has 0 aliphatic heterocycles. The topological polar surface area (TPSA) is 92.6 Å². The fourth-order valence-corrected chi connectivity index (χ4v) is 1.37. The number of aliphatic hydroxyl groups excluding tert-OH is 1. The Morgan fingerprint density at radius 1 is 1.29 bits per heavy atom. The maximum Gasteiger partial charge on any atom is 0.254 e. The summed E-state index contributed by atoms with van der Waals surface area (Å²) in [6.45, 7) is 3.44. The van der Waals surface area contributed by atoms with E-state index in [-0.39, 0.29) is 12.5 Å². The molecule has 5 heteroatoms. The Morgan fingerprint density at radius 2 is 1.76 bits per heavy atom. The second-order valence-corrected chi connectivity index (χ2v) is 4.72. The number of nitrogen functional groups attached to an aromatic ring is 2. The number of benzene rings is 1. The third-order valence-electron chi connectivity index (χ3n) is 2.82. The van der Waals surface area contributed by atoms with Gasteiger partial charge in [0.1, 0.15) is 0 Å². The normalized spacial score (nSPS) is 11.3. The summed E-state index contributed by atoms with van der Waals surface area (Å²) < 4.78 is 0. The van der Waals surface area contributed by atoms with Gasteiger partial charge in [-0.15, -0.1) is 0 Å². The van der Waals surface area contributed by atoms with Gasteiger partial charge in [-0.3, -0.25) is 4.79 Å². The summed E-state index contributed by atoms with van der Waals surface area (Å²) in [5, 5.41) is 9.23. The molecule has 0 heterocycles. The van der Waals surface area contributed by atoms with Gasteiger partial charge in [0.05, 0.1) is 12.1 Å². The van der Waals surface area contributed by atoms with Crippen molar-refractivity contribution in [3.63, 3.8) is 0 Å². The van der Waals surface area contributed by atoms with E-state index >= 15 is 0 Å². The van der Waals surface area contributed by atoms with Crippen LogP contribution in [0.5, 0.6) is 0 Å². The van der Waals surface area contributed by atoms with Gasteiger partial charge in [-0.25, -0.2) is 0 Å². The van der Waals surface area contributed by atoms with Crippen LogP contribution in [0, 0.1) is 0 Å². The number of hydrogen-bond acceptors (Lipinski definition) is 4. The molecule has 94 valence electrons.